The van der Waals surface area contributed by atoms with Crippen molar-refractivity contribution in [2.45, 2.75) is 108 Å². The normalized spacial score (nSPS) is 25.6. The Morgan fingerprint density at radius 2 is 1.73 bits per heavy atom. The molecule has 0 bridgehead atoms. The summed E-state index contributed by atoms with van der Waals surface area (Å²) in [4.78, 5) is 56.9. The molecular weight excluding hydrogens is 802 g/mol. The van der Waals surface area contributed by atoms with E-state index in [2.05, 4.69) is 33.6 Å². The van der Waals surface area contributed by atoms with Gasteiger partial charge in [0.25, 0.3) is 5.91 Å². The molecule has 3 saturated carbocycles. The number of methoxy groups -OCH3 is 1. The third-order valence-electron chi connectivity index (χ3n) is 14.4. The molecule has 1 spiro atoms. The Balaban J connectivity index is 0.755. The van der Waals surface area contributed by atoms with Crippen molar-refractivity contribution in [3.63, 3.8) is 0 Å². The Labute approximate surface area is 357 Å². The van der Waals surface area contributed by atoms with Crippen molar-refractivity contribution < 1.29 is 32.3 Å². The number of fused-ring (bicyclic) bond motifs is 2. The first-order valence-corrected chi connectivity index (χ1v) is 21.8. The van der Waals surface area contributed by atoms with Gasteiger partial charge in [-0.05, 0) is 131 Å². The second-order valence-electron chi connectivity index (χ2n) is 18.4. The number of halogens is 3. The molecule has 3 amide bonds. The van der Waals surface area contributed by atoms with Crippen molar-refractivity contribution in [1.29, 1.82) is 0 Å². The molecule has 4 fully saturated rings. The number of para-hydroxylation sites is 1. The first-order valence-electron chi connectivity index (χ1n) is 21.8. The highest BCUT2D eigenvalue weighted by atomic mass is 19.4. The average Bonchev–Trinajstić information content (AvgIpc) is 3.77. The Morgan fingerprint density at radius 1 is 0.984 bits per heavy atom. The van der Waals surface area contributed by atoms with E-state index in [9.17, 15) is 32.3 Å². The van der Waals surface area contributed by atoms with E-state index >= 15 is 0 Å². The van der Waals surface area contributed by atoms with Crippen LogP contribution in [0.5, 0.6) is 5.75 Å². The number of imide groups is 1. The van der Waals surface area contributed by atoms with Gasteiger partial charge in [0.15, 0.2) is 0 Å². The number of pyridine rings is 1. The van der Waals surface area contributed by atoms with Crippen molar-refractivity contribution in [3.8, 4) is 5.75 Å². The van der Waals surface area contributed by atoms with Crippen LogP contribution in [0.1, 0.15) is 111 Å². The van der Waals surface area contributed by atoms with Crippen molar-refractivity contribution in [1.82, 2.24) is 34.1 Å². The first-order chi connectivity index (χ1) is 29.7. The Kier molecular flexibility index (Phi) is 11.0. The molecule has 9 rings (SSSR count). The van der Waals surface area contributed by atoms with Gasteiger partial charge in [-0.15, -0.1) is 0 Å². The van der Waals surface area contributed by atoms with Crippen LogP contribution >= 0.6 is 0 Å². The van der Waals surface area contributed by atoms with Crippen LogP contribution in [0.3, 0.4) is 0 Å². The summed E-state index contributed by atoms with van der Waals surface area (Å²) in [5, 5.41) is 10.7. The molecule has 4 aliphatic rings. The lowest BCUT2D eigenvalue weighted by atomic mass is 9.54. The number of nitrogens with zero attached hydrogens (tertiary/aromatic N) is 6. The summed E-state index contributed by atoms with van der Waals surface area (Å²) in [6, 6.07) is 12.8. The second kappa shape index (κ2) is 16.3. The molecule has 1 aliphatic heterocycles. The number of carbonyl (C=O) groups excluding carboxylic acids is 3. The summed E-state index contributed by atoms with van der Waals surface area (Å²) in [5.74, 6) is 0.0466. The topological polar surface area (TPSA) is 145 Å². The second-order valence-corrected chi connectivity index (χ2v) is 18.4. The number of ether oxygens (including phenoxy) is 1. The number of hydrogen-bond donors (Lipinski definition) is 2. The highest BCUT2D eigenvalue weighted by molar-refractivity contribution is 6.05. The molecule has 1 unspecified atom stereocenters. The van der Waals surface area contributed by atoms with E-state index in [1.54, 1.807) is 28.3 Å². The summed E-state index contributed by atoms with van der Waals surface area (Å²) in [6.07, 6.45) is 10.3. The van der Waals surface area contributed by atoms with Gasteiger partial charge in [-0.3, -0.25) is 33.5 Å². The number of nitrogens with one attached hydrogen (secondary N) is 2. The summed E-state index contributed by atoms with van der Waals surface area (Å²) in [7, 11) is 5.53. The summed E-state index contributed by atoms with van der Waals surface area (Å²) in [6.45, 7) is 1.08. The number of rotatable bonds is 10. The number of piperidine rings is 1. The molecule has 328 valence electrons. The van der Waals surface area contributed by atoms with E-state index in [-0.39, 0.29) is 29.8 Å². The number of benzene rings is 2. The number of anilines is 1. The lowest BCUT2D eigenvalue weighted by molar-refractivity contribution is -0.141. The van der Waals surface area contributed by atoms with Gasteiger partial charge in [0.05, 0.1) is 35.4 Å². The third kappa shape index (κ3) is 8.01. The van der Waals surface area contributed by atoms with Gasteiger partial charge in [0.1, 0.15) is 23.2 Å². The van der Waals surface area contributed by atoms with Crippen molar-refractivity contribution >= 4 is 45.3 Å². The minimum Gasteiger partial charge on any atom is -0.494 e. The molecule has 13 nitrogen and oxygen atoms in total. The number of carbonyl (C=O) groups is 3. The van der Waals surface area contributed by atoms with Gasteiger partial charge in [0.2, 0.25) is 11.8 Å². The van der Waals surface area contributed by atoms with E-state index in [1.807, 2.05) is 23.0 Å². The fourth-order valence-electron chi connectivity index (χ4n) is 11.2. The molecule has 4 heterocycles. The smallest absolute Gasteiger partial charge is 0.433 e. The molecule has 16 heteroatoms. The quantitative estimate of drug-likeness (QED) is 0.137. The average molecular weight is 855 g/mol. The molecule has 3 aromatic heterocycles. The van der Waals surface area contributed by atoms with Crippen molar-refractivity contribution in [2.75, 3.05) is 26.0 Å². The number of aromatic nitrogens is 5. The Bertz CT molecular complexity index is 2590. The Hall–Kier alpha value is -5.51. The van der Waals surface area contributed by atoms with Gasteiger partial charge >= 0.3 is 11.9 Å². The van der Waals surface area contributed by atoms with Crippen LogP contribution in [0, 0.1) is 17.3 Å². The molecule has 2 aromatic carbocycles. The van der Waals surface area contributed by atoms with Crippen LogP contribution in [0.4, 0.5) is 18.9 Å². The zero-order valence-electron chi connectivity index (χ0n) is 35.3. The number of amides is 3. The van der Waals surface area contributed by atoms with Gasteiger partial charge in [-0.25, -0.2) is 9.78 Å². The zero-order chi connectivity index (χ0) is 43.5. The van der Waals surface area contributed by atoms with Gasteiger partial charge in [-0.2, -0.15) is 18.3 Å². The van der Waals surface area contributed by atoms with Crippen LogP contribution in [-0.4, -0.2) is 73.3 Å². The van der Waals surface area contributed by atoms with E-state index < -0.39 is 29.7 Å². The minimum atomic E-state index is -4.66. The number of alkyl halides is 3. The predicted octanol–water partition coefficient (Wildman–Crippen LogP) is 7.59. The van der Waals surface area contributed by atoms with Crippen molar-refractivity contribution in [2.24, 2.45) is 24.3 Å². The van der Waals surface area contributed by atoms with Gasteiger partial charge < -0.3 is 15.0 Å². The molecule has 5 aromatic rings. The molecule has 1 atom stereocenters. The maximum atomic E-state index is 13.4. The maximum Gasteiger partial charge on any atom is 0.433 e. The molecule has 2 N–H and O–H groups in total. The third-order valence-corrected chi connectivity index (χ3v) is 14.4. The zero-order valence-corrected chi connectivity index (χ0v) is 35.3. The van der Waals surface area contributed by atoms with Gasteiger partial charge in [-0.1, -0.05) is 18.2 Å². The highest BCUT2D eigenvalue weighted by Crippen LogP contribution is 2.56. The van der Waals surface area contributed by atoms with Crippen LogP contribution in [0.2, 0.25) is 0 Å². The van der Waals surface area contributed by atoms with Gasteiger partial charge in [0, 0.05) is 43.7 Å². The fourth-order valence-corrected chi connectivity index (χ4v) is 11.2. The monoisotopic (exact) mass is 854 g/mol. The summed E-state index contributed by atoms with van der Waals surface area (Å²) >= 11 is 0. The van der Waals surface area contributed by atoms with Crippen LogP contribution in [-0.2, 0) is 29.2 Å². The lowest BCUT2D eigenvalue weighted by Gasteiger charge is -2.53. The minimum absolute atomic E-state index is 0.221. The predicted molar refractivity (Wildman–Crippen MR) is 227 cm³/mol. The molecule has 1 saturated heterocycles. The van der Waals surface area contributed by atoms with Crippen LogP contribution in [0.15, 0.2) is 59.5 Å². The van der Waals surface area contributed by atoms with E-state index in [1.165, 1.54) is 51.7 Å². The van der Waals surface area contributed by atoms with E-state index in [4.69, 9.17) is 9.84 Å². The summed E-state index contributed by atoms with van der Waals surface area (Å²) in [5.41, 5.74) is 2.51. The SMILES string of the molecule is COc1cc2nn([C@H]3CC[C@H](CN(C)C4CCC5(CC4)CC(Cc4cccc6c4n(C)c(=O)n6C4CCC(=O)NC4=O)C5)CC3)cc2cc1NC(=O)c1cccc(C(F)(F)F)n1. The largest absolute Gasteiger partial charge is 0.494 e. The number of hydrogen-bond acceptors (Lipinski definition) is 8. The Morgan fingerprint density at radius 3 is 2.44 bits per heavy atom. The highest BCUT2D eigenvalue weighted by Gasteiger charge is 2.46. The molecule has 3 aliphatic carbocycles. The van der Waals surface area contributed by atoms with E-state index in [0.717, 1.165) is 72.8 Å². The number of aryl methyl sites for hydroxylation is 1. The molecular formula is C46H53F3N8O5. The maximum absolute atomic E-state index is 13.4. The van der Waals surface area contributed by atoms with Crippen molar-refractivity contribution in [3.05, 3.63) is 82.2 Å². The van der Waals surface area contributed by atoms with Crippen LogP contribution in [0.25, 0.3) is 21.9 Å². The number of imidazole rings is 1. The first kappa shape index (κ1) is 41.8. The molecule has 0 radical (unpaired) electrons. The van der Waals surface area contributed by atoms with E-state index in [0.29, 0.717) is 46.7 Å². The lowest BCUT2D eigenvalue weighted by Crippen LogP contribution is -2.46. The standard InChI is InChI=1S/C46H53F3N8O5/c1-54(31-16-18-45(19-17-31)23-28(24-45)20-29-6-4-8-36-41(29)55(2)44(61)57(36)37-14-15-40(58)52-43(37)60)25-27-10-12-32(13-11-27)56-26-30-21-35(38(62-3)22-34(30)53-56)51-42(59)33-7-5-9-39(50-33)46(47,48)49/h4-9,21-22,26-28,31-32,37H,10-20,23-25H2,1-3H3,(H,51,59)(H,52,58,60)/t27-,28?,31?,32-,37?,45?. The fraction of sp³-hybridized carbons (Fsp3) is 0.522. The summed E-state index contributed by atoms with van der Waals surface area (Å²) < 4.78 is 50.4. The molecule has 62 heavy (non-hydrogen) atoms. The van der Waals surface area contributed by atoms with Crippen LogP contribution < -0.4 is 21.1 Å².